The lowest BCUT2D eigenvalue weighted by molar-refractivity contribution is -0.149. The van der Waals surface area contributed by atoms with Crippen LogP contribution in [0, 0.1) is 5.92 Å². The first-order valence-electron chi connectivity index (χ1n) is 9.68. The van der Waals surface area contributed by atoms with Crippen LogP contribution in [-0.2, 0) is 19.2 Å². The van der Waals surface area contributed by atoms with Gasteiger partial charge >= 0.3 is 5.97 Å². The van der Waals surface area contributed by atoms with Crippen molar-refractivity contribution in [1.29, 1.82) is 0 Å². The van der Waals surface area contributed by atoms with Crippen molar-refractivity contribution in [2.45, 2.75) is 70.3 Å². The number of carboxylic acid groups (broad SMARTS) is 1. The molecule has 0 spiro atoms. The number of hydrogen-bond acceptors (Lipinski definition) is 7. The molecule has 0 bridgehead atoms. The van der Waals surface area contributed by atoms with Crippen LogP contribution in [0.4, 0.5) is 0 Å². The zero-order chi connectivity index (χ0) is 22.3. The Bertz CT molecular complexity index is 611. The molecule has 1 fully saturated rings. The molecule has 0 aromatic heterocycles. The van der Waals surface area contributed by atoms with Crippen LogP contribution in [0.1, 0.15) is 40.0 Å². The van der Waals surface area contributed by atoms with E-state index in [1.54, 1.807) is 0 Å². The third-order valence-corrected chi connectivity index (χ3v) is 4.78. The second-order valence-electron chi connectivity index (χ2n) is 7.73. The summed E-state index contributed by atoms with van der Waals surface area (Å²) in [5.41, 5.74) is 5.51. The first-order chi connectivity index (χ1) is 13.5. The molecule has 166 valence electrons. The van der Waals surface area contributed by atoms with E-state index in [1.807, 2.05) is 13.8 Å². The largest absolute Gasteiger partial charge is 0.480 e. The molecule has 7 N–H and O–H groups in total. The van der Waals surface area contributed by atoms with Gasteiger partial charge in [0, 0.05) is 6.54 Å². The first-order valence-corrected chi connectivity index (χ1v) is 9.68. The highest BCUT2D eigenvalue weighted by molar-refractivity contribution is 5.94. The van der Waals surface area contributed by atoms with Gasteiger partial charge in [0.15, 0.2) is 0 Å². The summed E-state index contributed by atoms with van der Waals surface area (Å²) in [5, 5.41) is 32.9. The Hall–Kier alpha value is -2.24. The average molecular weight is 416 g/mol. The van der Waals surface area contributed by atoms with E-state index < -0.39 is 60.6 Å². The fourth-order valence-corrected chi connectivity index (χ4v) is 3.13. The Morgan fingerprint density at radius 1 is 1.10 bits per heavy atom. The Morgan fingerprint density at radius 2 is 1.69 bits per heavy atom. The Kier molecular flexibility index (Phi) is 9.47. The summed E-state index contributed by atoms with van der Waals surface area (Å²) >= 11 is 0. The highest BCUT2D eigenvalue weighted by Crippen LogP contribution is 2.20. The fraction of sp³-hybridized carbons (Fsp3) is 0.778. The number of likely N-dealkylation sites (tertiary alicyclic amines) is 1. The molecule has 11 heteroatoms. The van der Waals surface area contributed by atoms with Crippen molar-refractivity contribution < 1.29 is 34.5 Å². The van der Waals surface area contributed by atoms with Gasteiger partial charge in [0.05, 0.1) is 12.7 Å². The Labute approximate surface area is 169 Å². The van der Waals surface area contributed by atoms with Crippen molar-refractivity contribution >= 4 is 23.7 Å². The lowest BCUT2D eigenvalue weighted by Gasteiger charge is -2.29. The van der Waals surface area contributed by atoms with Crippen LogP contribution >= 0.6 is 0 Å². The maximum Gasteiger partial charge on any atom is 0.326 e. The van der Waals surface area contributed by atoms with Crippen LogP contribution in [0.3, 0.4) is 0 Å². The monoisotopic (exact) mass is 416 g/mol. The van der Waals surface area contributed by atoms with Gasteiger partial charge < -0.3 is 36.6 Å². The molecule has 0 saturated carbocycles. The molecular weight excluding hydrogens is 384 g/mol. The summed E-state index contributed by atoms with van der Waals surface area (Å²) in [4.78, 5) is 50.0. The molecule has 1 rings (SSSR count). The standard InChI is InChI=1S/C18H32N4O7/c1-9(2)7-11(17(27)22-6-4-5-13(22)18(28)29)20-15(25)12(8-23)21-16(26)14(19)10(3)24/h9-14,23-24H,4-8,19H2,1-3H3,(H,20,25)(H,21,26)(H,28,29). The van der Waals surface area contributed by atoms with E-state index in [2.05, 4.69) is 10.6 Å². The fourth-order valence-electron chi connectivity index (χ4n) is 3.13. The molecule has 1 heterocycles. The average Bonchev–Trinajstić information content (AvgIpc) is 3.13. The number of aliphatic hydroxyl groups is 2. The van der Waals surface area contributed by atoms with Crippen molar-refractivity contribution in [2.24, 2.45) is 11.7 Å². The van der Waals surface area contributed by atoms with Crippen LogP contribution in [0.15, 0.2) is 0 Å². The SMILES string of the molecule is CC(C)CC(NC(=O)C(CO)NC(=O)C(N)C(C)O)C(=O)N1CCCC1C(=O)O. The number of carbonyl (C=O) groups is 4. The molecule has 11 nitrogen and oxygen atoms in total. The molecule has 0 radical (unpaired) electrons. The molecular formula is C18H32N4O7. The van der Waals surface area contributed by atoms with Crippen molar-refractivity contribution in [3.8, 4) is 0 Å². The van der Waals surface area contributed by atoms with E-state index >= 15 is 0 Å². The summed E-state index contributed by atoms with van der Waals surface area (Å²) in [6, 6.07) is -4.60. The minimum absolute atomic E-state index is 0.0148. The van der Waals surface area contributed by atoms with Gasteiger partial charge in [0.2, 0.25) is 17.7 Å². The zero-order valence-corrected chi connectivity index (χ0v) is 17.0. The molecule has 3 amide bonds. The van der Waals surface area contributed by atoms with E-state index in [4.69, 9.17) is 5.73 Å². The predicted octanol–water partition coefficient (Wildman–Crippen LogP) is -2.22. The molecule has 29 heavy (non-hydrogen) atoms. The van der Waals surface area contributed by atoms with Gasteiger partial charge in [-0.25, -0.2) is 4.79 Å². The third kappa shape index (κ3) is 6.94. The second-order valence-corrected chi connectivity index (χ2v) is 7.73. The number of amides is 3. The second kappa shape index (κ2) is 11.1. The van der Waals surface area contributed by atoms with Crippen LogP contribution in [-0.4, -0.2) is 87.3 Å². The predicted molar refractivity (Wildman–Crippen MR) is 102 cm³/mol. The summed E-state index contributed by atoms with van der Waals surface area (Å²) in [7, 11) is 0. The van der Waals surface area contributed by atoms with Gasteiger partial charge in [-0.3, -0.25) is 14.4 Å². The van der Waals surface area contributed by atoms with Crippen molar-refractivity contribution in [2.75, 3.05) is 13.2 Å². The zero-order valence-electron chi connectivity index (χ0n) is 17.0. The number of carboxylic acids is 1. The van der Waals surface area contributed by atoms with Crippen molar-refractivity contribution in [3.05, 3.63) is 0 Å². The minimum atomic E-state index is -1.37. The molecule has 0 aromatic rings. The summed E-state index contributed by atoms with van der Waals surface area (Å²) in [6.45, 7) is 4.54. The lowest BCUT2D eigenvalue weighted by atomic mass is 10.0. The third-order valence-electron chi connectivity index (χ3n) is 4.78. The summed E-state index contributed by atoms with van der Waals surface area (Å²) in [5.74, 6) is -3.23. The summed E-state index contributed by atoms with van der Waals surface area (Å²) < 4.78 is 0. The van der Waals surface area contributed by atoms with Crippen LogP contribution < -0.4 is 16.4 Å². The van der Waals surface area contributed by atoms with Gasteiger partial charge in [-0.05, 0) is 32.1 Å². The quantitative estimate of drug-likeness (QED) is 0.231. The van der Waals surface area contributed by atoms with Gasteiger partial charge in [0.1, 0.15) is 24.2 Å². The van der Waals surface area contributed by atoms with Crippen LogP contribution in [0.2, 0.25) is 0 Å². The van der Waals surface area contributed by atoms with E-state index in [9.17, 15) is 34.5 Å². The molecule has 0 aromatic carbocycles. The lowest BCUT2D eigenvalue weighted by Crippen LogP contribution is -2.59. The van der Waals surface area contributed by atoms with E-state index in [-0.39, 0.29) is 18.9 Å². The highest BCUT2D eigenvalue weighted by Gasteiger charge is 2.38. The van der Waals surface area contributed by atoms with Gasteiger partial charge in [0.25, 0.3) is 0 Å². The summed E-state index contributed by atoms with van der Waals surface area (Å²) in [6.07, 6.45) is -0.00363. The molecule has 1 aliphatic rings. The highest BCUT2D eigenvalue weighted by atomic mass is 16.4. The Balaban J connectivity index is 2.90. The molecule has 5 atom stereocenters. The number of hydrogen-bond donors (Lipinski definition) is 6. The number of aliphatic hydroxyl groups excluding tert-OH is 2. The molecule has 5 unspecified atom stereocenters. The minimum Gasteiger partial charge on any atom is -0.480 e. The van der Waals surface area contributed by atoms with Crippen LogP contribution in [0.25, 0.3) is 0 Å². The number of rotatable bonds is 10. The molecule has 1 saturated heterocycles. The number of nitrogens with zero attached hydrogens (tertiary/aromatic N) is 1. The molecule has 1 aliphatic heterocycles. The van der Waals surface area contributed by atoms with Gasteiger partial charge in [-0.2, -0.15) is 0 Å². The van der Waals surface area contributed by atoms with Crippen LogP contribution in [0.5, 0.6) is 0 Å². The number of nitrogens with two attached hydrogens (primary N) is 1. The number of carbonyl (C=O) groups excluding carboxylic acids is 3. The maximum absolute atomic E-state index is 12.9. The first kappa shape index (κ1) is 24.8. The molecule has 0 aliphatic carbocycles. The van der Waals surface area contributed by atoms with Crippen molar-refractivity contribution in [1.82, 2.24) is 15.5 Å². The topological polar surface area (TPSA) is 182 Å². The number of aliphatic carboxylic acids is 1. The maximum atomic E-state index is 12.9. The smallest absolute Gasteiger partial charge is 0.326 e. The normalized spacial score (nSPS) is 20.7. The Morgan fingerprint density at radius 3 is 2.17 bits per heavy atom. The van der Waals surface area contributed by atoms with Crippen molar-refractivity contribution in [3.63, 3.8) is 0 Å². The van der Waals surface area contributed by atoms with Gasteiger partial charge in [-0.1, -0.05) is 13.8 Å². The van der Waals surface area contributed by atoms with E-state index in [0.29, 0.717) is 12.8 Å². The van der Waals surface area contributed by atoms with E-state index in [0.717, 1.165) is 0 Å². The van der Waals surface area contributed by atoms with E-state index in [1.165, 1.54) is 11.8 Å². The number of nitrogens with one attached hydrogen (secondary N) is 2. The van der Waals surface area contributed by atoms with Gasteiger partial charge in [-0.15, -0.1) is 0 Å².